The number of fused-ring (bicyclic) bond motifs is 1. The van der Waals surface area contributed by atoms with Crippen LogP contribution in [0.3, 0.4) is 0 Å². The third-order valence-electron chi connectivity index (χ3n) is 4.18. The molecule has 1 amide bonds. The predicted octanol–water partition coefficient (Wildman–Crippen LogP) is 4.58. The lowest BCUT2D eigenvalue weighted by atomic mass is 10.2. The molecule has 2 aromatic carbocycles. The number of nitrogens with one attached hydrogen (secondary N) is 1. The number of para-hydroxylation sites is 1. The van der Waals surface area contributed by atoms with Crippen LogP contribution in [0.25, 0.3) is 10.2 Å². The van der Waals surface area contributed by atoms with Crippen molar-refractivity contribution in [3.05, 3.63) is 48.5 Å². The zero-order valence-electron chi connectivity index (χ0n) is 14.7. The normalized spacial score (nSPS) is 16.5. The Bertz CT molecular complexity index is 889. The highest BCUT2D eigenvalue weighted by Gasteiger charge is 2.16. The average Bonchev–Trinajstić information content (AvgIpc) is 3.34. The van der Waals surface area contributed by atoms with Crippen LogP contribution in [0.15, 0.2) is 52.9 Å². The van der Waals surface area contributed by atoms with Gasteiger partial charge in [0.25, 0.3) is 0 Å². The summed E-state index contributed by atoms with van der Waals surface area (Å²) in [5.74, 6) is 0.999. The number of ether oxygens (including phenoxy) is 2. The molecule has 5 nitrogen and oxygen atoms in total. The van der Waals surface area contributed by atoms with Crippen molar-refractivity contribution in [3.63, 3.8) is 0 Å². The highest BCUT2D eigenvalue weighted by molar-refractivity contribution is 8.01. The van der Waals surface area contributed by atoms with Crippen LogP contribution in [0.2, 0.25) is 0 Å². The minimum absolute atomic E-state index is 0.0597. The van der Waals surface area contributed by atoms with Gasteiger partial charge in [0.15, 0.2) is 4.34 Å². The first-order valence-electron chi connectivity index (χ1n) is 8.89. The molecule has 0 bridgehead atoms. The van der Waals surface area contributed by atoms with Gasteiger partial charge in [-0.1, -0.05) is 30.0 Å². The Morgan fingerprint density at radius 3 is 3.07 bits per heavy atom. The molecule has 1 aliphatic rings. The number of thioether (sulfide) groups is 1. The maximum absolute atomic E-state index is 12.3. The number of benzene rings is 2. The van der Waals surface area contributed by atoms with E-state index in [-0.39, 0.29) is 12.0 Å². The summed E-state index contributed by atoms with van der Waals surface area (Å²) in [6.07, 6.45) is 2.31. The SMILES string of the molecule is O=C(CSc1nc2ccccc2s1)Nc1cccc(OC[C@@H]2CCCO2)c1. The van der Waals surface area contributed by atoms with Crippen molar-refractivity contribution >= 4 is 44.9 Å². The van der Waals surface area contributed by atoms with Gasteiger partial charge in [-0.25, -0.2) is 4.98 Å². The minimum atomic E-state index is -0.0597. The average molecular weight is 401 g/mol. The lowest BCUT2D eigenvalue weighted by Gasteiger charge is -2.12. The lowest BCUT2D eigenvalue weighted by Crippen LogP contribution is -2.16. The topological polar surface area (TPSA) is 60.5 Å². The molecule has 1 saturated heterocycles. The van der Waals surface area contributed by atoms with E-state index in [0.717, 1.165) is 45.4 Å². The molecule has 140 valence electrons. The number of carbonyl (C=O) groups excluding carboxylic acids is 1. The van der Waals surface area contributed by atoms with Crippen molar-refractivity contribution in [2.45, 2.75) is 23.3 Å². The monoisotopic (exact) mass is 400 g/mol. The summed E-state index contributed by atoms with van der Waals surface area (Å²) in [5, 5.41) is 2.92. The first kappa shape index (κ1) is 18.3. The lowest BCUT2D eigenvalue weighted by molar-refractivity contribution is -0.113. The molecule has 1 aliphatic heterocycles. The second kappa shape index (κ2) is 8.73. The van der Waals surface area contributed by atoms with Gasteiger partial charge in [-0.05, 0) is 37.1 Å². The fourth-order valence-electron chi connectivity index (χ4n) is 2.87. The molecule has 0 radical (unpaired) electrons. The molecule has 1 N–H and O–H groups in total. The predicted molar refractivity (Wildman–Crippen MR) is 110 cm³/mol. The quantitative estimate of drug-likeness (QED) is 0.588. The van der Waals surface area contributed by atoms with Gasteiger partial charge >= 0.3 is 0 Å². The van der Waals surface area contributed by atoms with Crippen molar-refractivity contribution < 1.29 is 14.3 Å². The van der Waals surface area contributed by atoms with E-state index in [0.29, 0.717) is 12.4 Å². The molecule has 1 atom stereocenters. The second-order valence-corrected chi connectivity index (χ2v) is 8.51. The van der Waals surface area contributed by atoms with Gasteiger partial charge in [-0.2, -0.15) is 0 Å². The summed E-state index contributed by atoms with van der Waals surface area (Å²) in [7, 11) is 0. The van der Waals surface area contributed by atoms with E-state index in [2.05, 4.69) is 10.3 Å². The highest BCUT2D eigenvalue weighted by Crippen LogP contribution is 2.29. The van der Waals surface area contributed by atoms with Crippen molar-refractivity contribution in [2.75, 3.05) is 24.3 Å². The van der Waals surface area contributed by atoms with E-state index in [1.165, 1.54) is 11.8 Å². The van der Waals surface area contributed by atoms with Crippen molar-refractivity contribution in [3.8, 4) is 5.75 Å². The van der Waals surface area contributed by atoms with Crippen LogP contribution in [0, 0.1) is 0 Å². The fraction of sp³-hybridized carbons (Fsp3) is 0.300. The summed E-state index contributed by atoms with van der Waals surface area (Å²) in [5.41, 5.74) is 1.70. The number of thiazole rings is 1. The van der Waals surface area contributed by atoms with E-state index >= 15 is 0 Å². The molecular weight excluding hydrogens is 380 g/mol. The largest absolute Gasteiger partial charge is 0.491 e. The second-order valence-electron chi connectivity index (χ2n) is 6.26. The Hall–Kier alpha value is -2.09. The minimum Gasteiger partial charge on any atom is -0.491 e. The number of rotatable bonds is 7. The Kier molecular flexibility index (Phi) is 5.91. The number of hydrogen-bond acceptors (Lipinski definition) is 6. The number of carbonyl (C=O) groups is 1. The third-order valence-corrected chi connectivity index (χ3v) is 6.36. The fourth-order valence-corrected chi connectivity index (χ4v) is 4.73. The first-order valence-corrected chi connectivity index (χ1v) is 10.7. The summed E-state index contributed by atoms with van der Waals surface area (Å²) in [6.45, 7) is 1.36. The van der Waals surface area contributed by atoms with E-state index in [1.54, 1.807) is 11.3 Å². The van der Waals surface area contributed by atoms with Crippen molar-refractivity contribution in [1.82, 2.24) is 4.98 Å². The molecule has 27 heavy (non-hydrogen) atoms. The summed E-state index contributed by atoms with van der Waals surface area (Å²) in [6, 6.07) is 15.5. The van der Waals surface area contributed by atoms with Gasteiger partial charge in [-0.15, -0.1) is 11.3 Å². The molecule has 1 fully saturated rings. The molecule has 0 spiro atoms. The molecule has 0 unspecified atom stereocenters. The smallest absolute Gasteiger partial charge is 0.234 e. The molecule has 3 aromatic rings. The van der Waals surface area contributed by atoms with Crippen LogP contribution in [-0.2, 0) is 9.53 Å². The number of amides is 1. The Morgan fingerprint density at radius 1 is 1.30 bits per heavy atom. The number of aromatic nitrogens is 1. The number of nitrogens with zero attached hydrogens (tertiary/aromatic N) is 1. The Labute approximate surface area is 166 Å². The van der Waals surface area contributed by atoms with Crippen molar-refractivity contribution in [1.29, 1.82) is 0 Å². The van der Waals surface area contributed by atoms with Crippen LogP contribution in [0.5, 0.6) is 5.75 Å². The third kappa shape index (κ3) is 5.00. The summed E-state index contributed by atoms with van der Waals surface area (Å²) in [4.78, 5) is 16.8. The van der Waals surface area contributed by atoms with E-state index in [4.69, 9.17) is 9.47 Å². The molecule has 0 saturated carbocycles. The van der Waals surface area contributed by atoms with E-state index < -0.39 is 0 Å². The van der Waals surface area contributed by atoms with E-state index in [1.807, 2.05) is 48.5 Å². The maximum atomic E-state index is 12.3. The number of hydrogen-bond donors (Lipinski definition) is 1. The van der Waals surface area contributed by atoms with Crippen LogP contribution in [0.4, 0.5) is 5.69 Å². The van der Waals surface area contributed by atoms with Crippen LogP contribution in [0.1, 0.15) is 12.8 Å². The van der Waals surface area contributed by atoms with Crippen LogP contribution in [-0.4, -0.2) is 36.0 Å². The van der Waals surface area contributed by atoms with Gasteiger partial charge < -0.3 is 14.8 Å². The molecule has 7 heteroatoms. The van der Waals surface area contributed by atoms with Crippen molar-refractivity contribution in [2.24, 2.45) is 0 Å². The standard InChI is InChI=1S/C20H20N2O3S2/c23-19(13-26-20-22-17-8-1-2-9-18(17)27-20)21-14-5-3-6-15(11-14)25-12-16-7-4-10-24-16/h1-3,5-6,8-9,11,16H,4,7,10,12-13H2,(H,21,23)/t16-/m0/s1. The van der Waals surface area contributed by atoms with Gasteiger partial charge in [0.2, 0.25) is 5.91 Å². The van der Waals surface area contributed by atoms with Gasteiger partial charge in [0, 0.05) is 18.4 Å². The molecule has 1 aromatic heterocycles. The summed E-state index contributed by atoms with van der Waals surface area (Å²) >= 11 is 3.06. The van der Waals surface area contributed by atoms with Crippen LogP contribution >= 0.6 is 23.1 Å². The summed E-state index contributed by atoms with van der Waals surface area (Å²) < 4.78 is 13.4. The molecular formula is C20H20N2O3S2. The number of anilines is 1. The van der Waals surface area contributed by atoms with E-state index in [9.17, 15) is 4.79 Å². The highest BCUT2D eigenvalue weighted by atomic mass is 32.2. The molecule has 0 aliphatic carbocycles. The van der Waals surface area contributed by atoms with Gasteiger partial charge in [0.05, 0.1) is 22.1 Å². The first-order chi connectivity index (χ1) is 13.3. The Morgan fingerprint density at radius 2 is 2.22 bits per heavy atom. The Balaban J connectivity index is 1.28. The molecule has 2 heterocycles. The van der Waals surface area contributed by atoms with Gasteiger partial charge in [-0.3, -0.25) is 4.79 Å². The zero-order chi connectivity index (χ0) is 18.5. The molecule has 4 rings (SSSR count). The van der Waals surface area contributed by atoms with Gasteiger partial charge in [0.1, 0.15) is 12.4 Å². The zero-order valence-corrected chi connectivity index (χ0v) is 16.4. The maximum Gasteiger partial charge on any atom is 0.234 e. The van der Waals surface area contributed by atoms with Crippen LogP contribution < -0.4 is 10.1 Å².